The number of carbonyl (C=O) groups is 2. The van der Waals surface area contributed by atoms with Crippen molar-refractivity contribution >= 4 is 29.0 Å². The number of alkyl halides is 3. The van der Waals surface area contributed by atoms with E-state index in [2.05, 4.69) is 9.84 Å². The minimum absolute atomic E-state index is 0.00377. The van der Waals surface area contributed by atoms with E-state index in [1.807, 2.05) is 44.2 Å². The van der Waals surface area contributed by atoms with Crippen molar-refractivity contribution in [2.75, 3.05) is 13.1 Å². The van der Waals surface area contributed by atoms with Crippen LogP contribution in [0.5, 0.6) is 5.75 Å². The van der Waals surface area contributed by atoms with E-state index < -0.39 is 35.5 Å². The maximum Gasteiger partial charge on any atom is 0.491 e. The predicted molar refractivity (Wildman–Crippen MR) is 155 cm³/mol. The van der Waals surface area contributed by atoms with Crippen molar-refractivity contribution in [3.05, 3.63) is 98.2 Å². The average molecular weight is 618 g/mol. The lowest BCUT2D eigenvalue weighted by molar-refractivity contribution is -0.189. The summed E-state index contributed by atoms with van der Waals surface area (Å²) in [5.74, 6) is -4.05. The van der Waals surface area contributed by atoms with E-state index in [0.717, 1.165) is 5.56 Å². The largest absolute Gasteiger partial charge is 0.491 e. The molecule has 0 fully saturated rings. The van der Waals surface area contributed by atoms with E-state index in [1.54, 1.807) is 19.9 Å². The highest BCUT2D eigenvalue weighted by Crippen LogP contribution is 2.34. The fraction of sp³-hybridized carbons (Fsp3) is 0.333. The summed E-state index contributed by atoms with van der Waals surface area (Å²) in [6, 6.07) is 14.1. The van der Waals surface area contributed by atoms with Gasteiger partial charge in [-0.05, 0) is 49.1 Å². The molecule has 0 saturated carbocycles. The van der Waals surface area contributed by atoms with Crippen LogP contribution in [0, 0.1) is 19.8 Å². The Labute approximate surface area is 250 Å². The topological polar surface area (TPSA) is 112 Å². The Kier molecular flexibility index (Phi) is 9.31. The van der Waals surface area contributed by atoms with Crippen molar-refractivity contribution < 1.29 is 27.5 Å². The summed E-state index contributed by atoms with van der Waals surface area (Å²) in [5, 5.41) is 4.57. The molecule has 228 valence electrons. The smallest absolute Gasteiger partial charge is 0.419 e. The average Bonchev–Trinajstić information content (AvgIpc) is 3.23. The van der Waals surface area contributed by atoms with Crippen LogP contribution in [0.4, 0.5) is 13.2 Å². The standard InChI is InChI=1S/C30H31ClF3N5O4/c1-17(2)26(37(13-12-35)27(40)21-11-10-18(3)14-24(21)43-28(41)30(32,33)34)23-15-22-25(31)19(4)36-39(22)29(42)38(23)16-20-8-6-5-7-9-20/h5-11,14-15,17,26H,12-13,16,35H2,1-4H3. The quantitative estimate of drug-likeness (QED) is 0.207. The second-order valence-electron chi connectivity index (χ2n) is 10.5. The minimum Gasteiger partial charge on any atom is -0.419 e. The molecule has 0 aliphatic carbocycles. The number of carbonyl (C=O) groups excluding carboxylic acids is 2. The molecule has 0 spiro atoms. The van der Waals surface area contributed by atoms with Crippen LogP contribution in [0.25, 0.3) is 5.52 Å². The molecular weight excluding hydrogens is 587 g/mol. The zero-order valence-corrected chi connectivity index (χ0v) is 24.7. The van der Waals surface area contributed by atoms with Gasteiger partial charge in [0.2, 0.25) is 0 Å². The van der Waals surface area contributed by atoms with Crippen LogP contribution < -0.4 is 16.2 Å². The van der Waals surface area contributed by atoms with Crippen LogP contribution in [-0.2, 0) is 11.3 Å². The first kappa shape index (κ1) is 31.8. The van der Waals surface area contributed by atoms with Crippen molar-refractivity contribution in [3.8, 4) is 5.75 Å². The van der Waals surface area contributed by atoms with Crippen LogP contribution in [0.2, 0.25) is 5.02 Å². The van der Waals surface area contributed by atoms with E-state index in [0.29, 0.717) is 22.5 Å². The number of aromatic nitrogens is 3. The SMILES string of the molecule is Cc1ccc(C(=O)N(CCN)C(c2cc3c(Cl)c(C)nn3c(=O)n2Cc2ccccc2)C(C)C)c(OC(=O)C(F)(F)F)c1. The summed E-state index contributed by atoms with van der Waals surface area (Å²) in [6.45, 7) is 7.03. The van der Waals surface area contributed by atoms with Crippen LogP contribution in [0.15, 0.2) is 59.4 Å². The van der Waals surface area contributed by atoms with E-state index >= 15 is 0 Å². The van der Waals surface area contributed by atoms with Crippen molar-refractivity contribution in [1.29, 1.82) is 0 Å². The molecule has 1 amide bonds. The molecule has 13 heteroatoms. The third kappa shape index (κ3) is 6.60. The van der Waals surface area contributed by atoms with Gasteiger partial charge in [-0.25, -0.2) is 9.59 Å². The number of fused-ring (bicyclic) bond motifs is 1. The van der Waals surface area contributed by atoms with Gasteiger partial charge in [0.05, 0.1) is 34.4 Å². The number of hydrogen-bond acceptors (Lipinski definition) is 6. The van der Waals surface area contributed by atoms with E-state index in [1.165, 1.54) is 32.2 Å². The van der Waals surface area contributed by atoms with Gasteiger partial charge < -0.3 is 15.4 Å². The van der Waals surface area contributed by atoms with E-state index in [4.69, 9.17) is 17.3 Å². The van der Waals surface area contributed by atoms with Crippen LogP contribution in [-0.4, -0.2) is 50.2 Å². The zero-order chi connectivity index (χ0) is 31.6. The predicted octanol–water partition coefficient (Wildman–Crippen LogP) is 5.08. The number of amides is 1. The van der Waals surface area contributed by atoms with Gasteiger partial charge in [0, 0.05) is 18.8 Å². The van der Waals surface area contributed by atoms with Gasteiger partial charge in [0.25, 0.3) is 5.91 Å². The Morgan fingerprint density at radius 3 is 2.37 bits per heavy atom. The van der Waals surface area contributed by atoms with Crippen LogP contribution >= 0.6 is 11.6 Å². The molecule has 9 nitrogen and oxygen atoms in total. The molecule has 4 rings (SSSR count). The highest BCUT2D eigenvalue weighted by atomic mass is 35.5. The summed E-state index contributed by atoms with van der Waals surface area (Å²) in [7, 11) is 0. The Bertz CT molecular complexity index is 1720. The molecule has 0 bridgehead atoms. The molecule has 0 aliphatic heterocycles. The molecule has 4 aromatic rings. The number of halogens is 4. The Hall–Kier alpha value is -4.16. The van der Waals surface area contributed by atoms with Crippen LogP contribution in [0.3, 0.4) is 0 Å². The molecule has 2 aromatic carbocycles. The molecule has 1 atom stereocenters. The fourth-order valence-corrected chi connectivity index (χ4v) is 5.15. The summed E-state index contributed by atoms with van der Waals surface area (Å²) in [5.41, 5.74) is 7.65. The molecule has 0 aliphatic rings. The number of nitrogens with two attached hydrogens (primary N) is 1. The molecule has 2 aromatic heterocycles. The maximum absolute atomic E-state index is 14.2. The Morgan fingerprint density at radius 1 is 1.09 bits per heavy atom. The molecule has 2 N–H and O–H groups in total. The van der Waals surface area contributed by atoms with Crippen molar-refractivity contribution in [2.24, 2.45) is 11.7 Å². The lowest BCUT2D eigenvalue weighted by Crippen LogP contribution is -2.44. The molecule has 0 saturated heterocycles. The van der Waals surface area contributed by atoms with E-state index in [-0.39, 0.29) is 36.1 Å². The molecule has 2 heterocycles. The molecule has 43 heavy (non-hydrogen) atoms. The lowest BCUT2D eigenvalue weighted by atomic mass is 9.96. The van der Waals surface area contributed by atoms with E-state index in [9.17, 15) is 27.6 Å². The summed E-state index contributed by atoms with van der Waals surface area (Å²) in [6.07, 6.45) is -5.27. The second kappa shape index (κ2) is 12.6. The van der Waals surface area contributed by atoms with Crippen molar-refractivity contribution in [1.82, 2.24) is 19.1 Å². The first-order valence-corrected chi connectivity index (χ1v) is 13.9. The lowest BCUT2D eigenvalue weighted by Gasteiger charge is -2.36. The maximum atomic E-state index is 14.2. The number of rotatable bonds is 9. The first-order valence-electron chi connectivity index (χ1n) is 13.5. The van der Waals surface area contributed by atoms with Gasteiger partial charge in [-0.15, -0.1) is 0 Å². The first-order chi connectivity index (χ1) is 20.2. The van der Waals surface area contributed by atoms with Gasteiger partial charge in [0.15, 0.2) is 0 Å². The molecule has 1 unspecified atom stereocenters. The van der Waals surface area contributed by atoms with Crippen molar-refractivity contribution in [3.63, 3.8) is 0 Å². The Balaban J connectivity index is 1.92. The minimum atomic E-state index is -5.27. The van der Waals surface area contributed by atoms with Gasteiger partial charge in [-0.3, -0.25) is 9.36 Å². The second-order valence-corrected chi connectivity index (χ2v) is 10.9. The molecule has 0 radical (unpaired) electrons. The van der Waals surface area contributed by atoms with Gasteiger partial charge >= 0.3 is 17.8 Å². The normalized spacial score (nSPS) is 12.5. The number of hydrogen-bond donors (Lipinski definition) is 1. The zero-order valence-electron chi connectivity index (χ0n) is 24.0. The van der Waals surface area contributed by atoms with Gasteiger partial charge in [0.1, 0.15) is 5.75 Å². The van der Waals surface area contributed by atoms with Gasteiger partial charge in [-0.2, -0.15) is 22.8 Å². The number of benzene rings is 2. The van der Waals surface area contributed by atoms with Crippen LogP contribution in [0.1, 0.15) is 52.8 Å². The van der Waals surface area contributed by atoms with Gasteiger partial charge in [-0.1, -0.05) is 61.8 Å². The number of ether oxygens (including phenoxy) is 1. The highest BCUT2D eigenvalue weighted by Gasteiger charge is 2.42. The molecular formula is C30H31ClF3N5O4. The number of nitrogens with zero attached hydrogens (tertiary/aromatic N) is 4. The monoisotopic (exact) mass is 617 g/mol. The fourth-order valence-electron chi connectivity index (χ4n) is 4.98. The summed E-state index contributed by atoms with van der Waals surface area (Å²) in [4.78, 5) is 41.2. The number of aryl methyl sites for hydroxylation is 2. The summed E-state index contributed by atoms with van der Waals surface area (Å²) >= 11 is 6.53. The number of esters is 1. The summed E-state index contributed by atoms with van der Waals surface area (Å²) < 4.78 is 46.6. The van der Waals surface area contributed by atoms with Crippen molar-refractivity contribution in [2.45, 2.75) is 46.5 Å². The Morgan fingerprint density at radius 2 is 1.77 bits per heavy atom. The highest BCUT2D eigenvalue weighted by molar-refractivity contribution is 6.34. The third-order valence-electron chi connectivity index (χ3n) is 6.92. The third-order valence-corrected chi connectivity index (χ3v) is 7.38.